The molecule has 2 heterocycles. The molecule has 156 valence electrons. The maximum absolute atomic E-state index is 13.4. The minimum atomic E-state index is 0.0136. The van der Waals surface area contributed by atoms with E-state index in [0.717, 1.165) is 48.3 Å². The molecule has 4 rings (SSSR count). The Hall–Kier alpha value is -3.28. The van der Waals surface area contributed by atoms with Gasteiger partial charge in [0.2, 0.25) is 0 Å². The molecule has 0 N–H and O–H groups in total. The first kappa shape index (κ1) is 20.0. The zero-order valence-electron chi connectivity index (χ0n) is 17.9. The Morgan fingerprint density at radius 2 is 1.73 bits per heavy atom. The quantitative estimate of drug-likeness (QED) is 0.631. The standard InChI is InChI=1S/C24H27N3O3/c1-16-7-8-17(2)21(13-16)27-22(24(28)26-11-5-6-12-26)15-20(25-27)19-10-9-18(29-3)14-23(19)30-4/h7-10,13-15H,5-6,11-12H2,1-4H3. The van der Waals surface area contributed by atoms with E-state index in [1.165, 1.54) is 0 Å². The predicted octanol–water partition coefficient (Wildman–Crippen LogP) is 4.41. The first-order valence-electron chi connectivity index (χ1n) is 10.2. The van der Waals surface area contributed by atoms with Gasteiger partial charge in [0.1, 0.15) is 17.2 Å². The SMILES string of the molecule is COc1ccc(-c2cc(C(=O)N3CCCC3)n(-c3cc(C)ccc3C)n2)c(OC)c1. The third kappa shape index (κ3) is 3.65. The van der Waals surface area contributed by atoms with Crippen molar-refractivity contribution in [1.29, 1.82) is 0 Å². The molecular weight excluding hydrogens is 378 g/mol. The third-order valence-corrected chi connectivity index (χ3v) is 5.60. The van der Waals surface area contributed by atoms with Crippen molar-refractivity contribution < 1.29 is 14.3 Å². The fourth-order valence-corrected chi connectivity index (χ4v) is 3.89. The van der Waals surface area contributed by atoms with Gasteiger partial charge in [-0.2, -0.15) is 5.10 Å². The molecule has 0 aliphatic carbocycles. The molecule has 2 aromatic carbocycles. The number of benzene rings is 2. The highest BCUT2D eigenvalue weighted by Crippen LogP contribution is 2.34. The number of rotatable bonds is 5. The van der Waals surface area contributed by atoms with Gasteiger partial charge >= 0.3 is 0 Å². The van der Waals surface area contributed by atoms with E-state index in [4.69, 9.17) is 14.6 Å². The van der Waals surface area contributed by atoms with Gasteiger partial charge in [-0.3, -0.25) is 4.79 Å². The lowest BCUT2D eigenvalue weighted by atomic mass is 10.1. The summed E-state index contributed by atoms with van der Waals surface area (Å²) in [6.07, 6.45) is 2.09. The molecule has 1 saturated heterocycles. The minimum absolute atomic E-state index is 0.0136. The molecule has 1 aromatic heterocycles. The third-order valence-electron chi connectivity index (χ3n) is 5.60. The Kier molecular flexibility index (Phi) is 5.48. The monoisotopic (exact) mass is 405 g/mol. The number of ether oxygens (including phenoxy) is 2. The van der Waals surface area contributed by atoms with Gasteiger partial charge in [0.05, 0.1) is 25.6 Å². The fraction of sp³-hybridized carbons (Fsp3) is 0.333. The van der Waals surface area contributed by atoms with Gasteiger partial charge in [0.15, 0.2) is 0 Å². The van der Waals surface area contributed by atoms with Crippen LogP contribution in [-0.2, 0) is 0 Å². The zero-order chi connectivity index (χ0) is 21.3. The van der Waals surface area contributed by atoms with Crippen LogP contribution in [0.25, 0.3) is 16.9 Å². The summed E-state index contributed by atoms with van der Waals surface area (Å²) in [4.78, 5) is 15.3. The van der Waals surface area contributed by atoms with Crippen LogP contribution in [0.4, 0.5) is 0 Å². The molecule has 3 aromatic rings. The van der Waals surface area contributed by atoms with Crippen molar-refractivity contribution in [3.63, 3.8) is 0 Å². The number of carbonyl (C=O) groups excluding carboxylic acids is 1. The van der Waals surface area contributed by atoms with Crippen molar-refractivity contribution in [2.24, 2.45) is 0 Å². The number of likely N-dealkylation sites (tertiary alicyclic amines) is 1. The fourth-order valence-electron chi connectivity index (χ4n) is 3.89. The van der Waals surface area contributed by atoms with Crippen molar-refractivity contribution in [3.05, 3.63) is 59.3 Å². The molecule has 6 heteroatoms. The first-order valence-corrected chi connectivity index (χ1v) is 10.2. The maximum atomic E-state index is 13.4. The maximum Gasteiger partial charge on any atom is 0.272 e. The number of aryl methyl sites for hydroxylation is 2. The van der Waals surface area contributed by atoms with Gasteiger partial charge in [0, 0.05) is 24.7 Å². The smallest absolute Gasteiger partial charge is 0.272 e. The lowest BCUT2D eigenvalue weighted by Gasteiger charge is -2.17. The molecule has 1 fully saturated rings. The Labute approximate surface area is 177 Å². The van der Waals surface area contributed by atoms with Crippen LogP contribution in [-0.4, -0.2) is 47.9 Å². The normalized spacial score (nSPS) is 13.5. The highest BCUT2D eigenvalue weighted by molar-refractivity contribution is 5.95. The van der Waals surface area contributed by atoms with Crippen molar-refractivity contribution in [3.8, 4) is 28.4 Å². The summed E-state index contributed by atoms with van der Waals surface area (Å²) < 4.78 is 12.7. The summed E-state index contributed by atoms with van der Waals surface area (Å²) in [5.41, 5.74) is 5.17. The van der Waals surface area contributed by atoms with E-state index in [9.17, 15) is 4.79 Å². The molecule has 1 aliphatic heterocycles. The van der Waals surface area contributed by atoms with Gasteiger partial charge in [-0.05, 0) is 62.1 Å². The summed E-state index contributed by atoms with van der Waals surface area (Å²) in [6, 6.07) is 13.7. The number of aromatic nitrogens is 2. The number of methoxy groups -OCH3 is 2. The van der Waals surface area contributed by atoms with E-state index in [-0.39, 0.29) is 5.91 Å². The van der Waals surface area contributed by atoms with Crippen LogP contribution in [0.5, 0.6) is 11.5 Å². The summed E-state index contributed by atoms with van der Waals surface area (Å²) in [5, 5.41) is 4.86. The van der Waals surface area contributed by atoms with E-state index >= 15 is 0 Å². The van der Waals surface area contributed by atoms with Gasteiger partial charge in [-0.15, -0.1) is 0 Å². The van der Waals surface area contributed by atoms with Crippen LogP contribution in [0, 0.1) is 13.8 Å². The first-order chi connectivity index (χ1) is 14.5. The molecule has 1 aliphatic rings. The molecule has 0 unspecified atom stereocenters. The van der Waals surface area contributed by atoms with Crippen molar-refractivity contribution in [2.45, 2.75) is 26.7 Å². The van der Waals surface area contributed by atoms with Crippen molar-refractivity contribution >= 4 is 5.91 Å². The van der Waals surface area contributed by atoms with Gasteiger partial charge < -0.3 is 14.4 Å². The Bertz CT molecular complexity index is 1080. The van der Waals surface area contributed by atoms with Crippen molar-refractivity contribution in [2.75, 3.05) is 27.3 Å². The predicted molar refractivity (Wildman–Crippen MR) is 117 cm³/mol. The van der Waals surface area contributed by atoms with E-state index < -0.39 is 0 Å². The minimum Gasteiger partial charge on any atom is -0.497 e. The number of carbonyl (C=O) groups is 1. The lowest BCUT2D eigenvalue weighted by Crippen LogP contribution is -2.29. The zero-order valence-corrected chi connectivity index (χ0v) is 17.9. The second kappa shape index (κ2) is 8.22. The molecular formula is C24H27N3O3. The van der Waals surface area contributed by atoms with Crippen LogP contribution >= 0.6 is 0 Å². The number of amides is 1. The topological polar surface area (TPSA) is 56.6 Å². The molecule has 6 nitrogen and oxygen atoms in total. The van der Waals surface area contributed by atoms with Crippen molar-refractivity contribution in [1.82, 2.24) is 14.7 Å². The van der Waals surface area contributed by atoms with Gasteiger partial charge in [-0.25, -0.2) is 4.68 Å². The van der Waals surface area contributed by atoms with E-state index in [0.29, 0.717) is 22.9 Å². The highest BCUT2D eigenvalue weighted by atomic mass is 16.5. The molecule has 0 radical (unpaired) electrons. The second-order valence-corrected chi connectivity index (χ2v) is 7.68. The van der Waals surface area contributed by atoms with Crippen LogP contribution in [0.2, 0.25) is 0 Å². The highest BCUT2D eigenvalue weighted by Gasteiger charge is 2.26. The molecule has 0 saturated carbocycles. The lowest BCUT2D eigenvalue weighted by molar-refractivity contribution is 0.0784. The second-order valence-electron chi connectivity index (χ2n) is 7.68. The van der Waals surface area contributed by atoms with Gasteiger partial charge in [0.25, 0.3) is 5.91 Å². The average Bonchev–Trinajstić information content (AvgIpc) is 3.45. The number of hydrogen-bond donors (Lipinski definition) is 0. The van der Waals surface area contributed by atoms with Gasteiger partial charge in [-0.1, -0.05) is 12.1 Å². The van der Waals surface area contributed by atoms with Crippen LogP contribution in [0.1, 0.15) is 34.5 Å². The summed E-state index contributed by atoms with van der Waals surface area (Å²) in [6.45, 7) is 5.66. The number of hydrogen-bond acceptors (Lipinski definition) is 4. The van der Waals surface area contributed by atoms with Crippen LogP contribution < -0.4 is 9.47 Å². The average molecular weight is 405 g/mol. The molecule has 0 atom stereocenters. The summed E-state index contributed by atoms with van der Waals surface area (Å²) in [7, 11) is 3.24. The summed E-state index contributed by atoms with van der Waals surface area (Å²) in [5.74, 6) is 1.37. The molecule has 1 amide bonds. The van der Waals surface area contributed by atoms with Crippen LogP contribution in [0.3, 0.4) is 0 Å². The van der Waals surface area contributed by atoms with E-state index in [2.05, 4.69) is 18.2 Å². The van der Waals surface area contributed by atoms with E-state index in [1.807, 2.05) is 43.0 Å². The largest absolute Gasteiger partial charge is 0.497 e. The Morgan fingerprint density at radius 1 is 0.967 bits per heavy atom. The molecule has 30 heavy (non-hydrogen) atoms. The number of nitrogens with zero attached hydrogens (tertiary/aromatic N) is 3. The Balaban J connectivity index is 1.88. The summed E-state index contributed by atoms with van der Waals surface area (Å²) >= 11 is 0. The molecule has 0 bridgehead atoms. The van der Waals surface area contributed by atoms with E-state index in [1.54, 1.807) is 18.9 Å². The Morgan fingerprint density at radius 3 is 2.43 bits per heavy atom. The van der Waals surface area contributed by atoms with Crippen LogP contribution in [0.15, 0.2) is 42.5 Å². The molecule has 0 spiro atoms.